The average molecular weight is 578 g/mol. The lowest BCUT2D eigenvalue weighted by Gasteiger charge is -2.17. The zero-order valence-electron chi connectivity index (χ0n) is 21.6. The summed E-state index contributed by atoms with van der Waals surface area (Å²) in [6, 6.07) is 17.0. The number of phenols is 1. The molecule has 1 aliphatic rings. The van der Waals surface area contributed by atoms with Crippen LogP contribution in [0, 0.1) is 0 Å². The van der Waals surface area contributed by atoms with Crippen LogP contribution in [0.2, 0.25) is 0 Å². The SMILES string of the molecule is CN(C)CCOc1ccc2[nH]c(C(=O)N3C[C@@H](CCl)c4c3cc(O)c3ccccc43)cc2c1.O=C(O)C(F)(F)F. The van der Waals surface area contributed by atoms with Crippen molar-refractivity contribution in [2.24, 2.45) is 0 Å². The van der Waals surface area contributed by atoms with Crippen LogP contribution in [0.5, 0.6) is 11.5 Å². The van der Waals surface area contributed by atoms with Crippen molar-refractivity contribution in [3.05, 3.63) is 65.9 Å². The summed E-state index contributed by atoms with van der Waals surface area (Å²) in [5.74, 6) is -1.58. The van der Waals surface area contributed by atoms with Gasteiger partial charge < -0.3 is 29.7 Å². The van der Waals surface area contributed by atoms with E-state index in [1.165, 1.54) is 0 Å². The molecule has 0 fully saturated rings. The van der Waals surface area contributed by atoms with Gasteiger partial charge in [0.15, 0.2) is 0 Å². The fourth-order valence-electron chi connectivity index (χ4n) is 4.55. The number of rotatable bonds is 6. The Labute approximate surface area is 232 Å². The lowest BCUT2D eigenvalue weighted by atomic mass is 9.95. The number of carboxylic acids is 1. The number of amides is 1. The molecule has 4 aromatic rings. The molecule has 3 N–H and O–H groups in total. The first kappa shape index (κ1) is 29.0. The predicted molar refractivity (Wildman–Crippen MR) is 147 cm³/mol. The summed E-state index contributed by atoms with van der Waals surface area (Å²) in [5.41, 5.74) is 3.09. The lowest BCUT2D eigenvalue weighted by molar-refractivity contribution is -0.192. The predicted octanol–water partition coefficient (Wildman–Crippen LogP) is 5.58. The summed E-state index contributed by atoms with van der Waals surface area (Å²) in [4.78, 5) is 29.5. The van der Waals surface area contributed by atoms with Crippen molar-refractivity contribution in [2.75, 3.05) is 44.6 Å². The highest BCUT2D eigenvalue weighted by Crippen LogP contribution is 2.45. The van der Waals surface area contributed by atoms with Crippen molar-refractivity contribution in [2.45, 2.75) is 12.1 Å². The van der Waals surface area contributed by atoms with Crippen molar-refractivity contribution in [1.82, 2.24) is 9.88 Å². The van der Waals surface area contributed by atoms with Gasteiger partial charge in [-0.05, 0) is 49.3 Å². The number of halogens is 4. The average Bonchev–Trinajstić information content (AvgIpc) is 3.49. The van der Waals surface area contributed by atoms with Gasteiger partial charge in [0.2, 0.25) is 0 Å². The number of aliphatic carboxylic acids is 1. The van der Waals surface area contributed by atoms with Gasteiger partial charge in [-0.25, -0.2) is 4.79 Å². The van der Waals surface area contributed by atoms with Gasteiger partial charge in [-0.2, -0.15) is 13.2 Å². The number of fused-ring (bicyclic) bond motifs is 4. The van der Waals surface area contributed by atoms with E-state index < -0.39 is 12.1 Å². The summed E-state index contributed by atoms with van der Waals surface area (Å²) < 4.78 is 37.6. The van der Waals surface area contributed by atoms with Gasteiger partial charge in [-0.1, -0.05) is 24.3 Å². The molecule has 1 aliphatic heterocycles. The van der Waals surface area contributed by atoms with E-state index in [1.54, 1.807) is 11.0 Å². The van der Waals surface area contributed by atoms with E-state index >= 15 is 0 Å². The van der Waals surface area contributed by atoms with E-state index in [0.29, 0.717) is 30.4 Å². The number of phenolic OH excluding ortho intramolecular Hbond substituents is 1. The molecule has 1 atom stereocenters. The largest absolute Gasteiger partial charge is 0.507 e. The molecule has 0 saturated carbocycles. The number of hydrogen-bond acceptors (Lipinski definition) is 5. The van der Waals surface area contributed by atoms with Crippen molar-refractivity contribution >= 4 is 50.8 Å². The van der Waals surface area contributed by atoms with Gasteiger partial charge in [-0.15, -0.1) is 11.6 Å². The monoisotopic (exact) mass is 577 g/mol. The Kier molecular flexibility index (Phi) is 8.45. The molecule has 0 spiro atoms. The van der Waals surface area contributed by atoms with E-state index in [-0.39, 0.29) is 17.6 Å². The molecule has 12 heteroatoms. The quantitative estimate of drug-likeness (QED) is 0.258. The minimum absolute atomic E-state index is 0.00260. The molecule has 8 nitrogen and oxygen atoms in total. The van der Waals surface area contributed by atoms with Gasteiger partial charge in [0.05, 0.1) is 5.69 Å². The van der Waals surface area contributed by atoms with Gasteiger partial charge in [0, 0.05) is 47.2 Å². The molecule has 5 rings (SSSR count). The zero-order chi connectivity index (χ0) is 29.2. The van der Waals surface area contributed by atoms with Gasteiger partial charge in [-0.3, -0.25) is 4.79 Å². The molecule has 0 saturated heterocycles. The number of carbonyl (C=O) groups excluding carboxylic acids is 1. The topological polar surface area (TPSA) is 106 Å². The summed E-state index contributed by atoms with van der Waals surface area (Å²) in [6.45, 7) is 1.89. The fourth-order valence-corrected chi connectivity index (χ4v) is 4.80. The van der Waals surface area contributed by atoms with E-state index in [9.17, 15) is 23.1 Å². The van der Waals surface area contributed by atoms with Gasteiger partial charge in [0.25, 0.3) is 5.91 Å². The molecule has 40 heavy (non-hydrogen) atoms. The molecule has 1 amide bonds. The molecular formula is C28H27ClF3N3O5. The number of alkyl halides is 4. The second-order valence-electron chi connectivity index (χ2n) is 9.53. The molecule has 3 aromatic carbocycles. The van der Waals surface area contributed by atoms with Crippen molar-refractivity contribution < 1.29 is 37.7 Å². The molecule has 0 unspecified atom stereocenters. The van der Waals surface area contributed by atoms with E-state index in [4.69, 9.17) is 26.2 Å². The van der Waals surface area contributed by atoms with Crippen LogP contribution >= 0.6 is 11.6 Å². The van der Waals surface area contributed by atoms with Crippen LogP contribution in [-0.2, 0) is 4.79 Å². The first-order chi connectivity index (χ1) is 18.9. The highest BCUT2D eigenvalue weighted by atomic mass is 35.5. The maximum atomic E-state index is 13.6. The zero-order valence-corrected chi connectivity index (χ0v) is 22.4. The number of carbonyl (C=O) groups is 2. The third kappa shape index (κ3) is 6.10. The third-order valence-electron chi connectivity index (χ3n) is 6.45. The molecule has 1 aromatic heterocycles. The molecule has 0 aliphatic carbocycles. The number of hydrogen-bond donors (Lipinski definition) is 3. The highest BCUT2D eigenvalue weighted by Gasteiger charge is 2.38. The van der Waals surface area contributed by atoms with Crippen LogP contribution in [0.4, 0.5) is 18.9 Å². The van der Waals surface area contributed by atoms with Crippen LogP contribution in [0.25, 0.3) is 21.7 Å². The number of aromatic amines is 1. The van der Waals surface area contributed by atoms with E-state index in [0.717, 1.165) is 39.5 Å². The minimum Gasteiger partial charge on any atom is -0.507 e. The Morgan fingerprint density at radius 2 is 1.80 bits per heavy atom. The molecule has 0 radical (unpaired) electrons. The Morgan fingerprint density at radius 1 is 1.12 bits per heavy atom. The number of nitrogens with one attached hydrogen (secondary N) is 1. The standard InChI is InChI=1S/C26H26ClN3O3.C2HF3O2/c1-29(2)9-10-33-18-7-8-21-16(11-18)12-22(28-21)26(32)30-15-17(14-27)25-20-6-4-3-5-19(20)24(31)13-23(25)30;3-2(4,5)1(6)7/h3-8,11-13,17,28,31H,9-10,14-15H2,1-2H3;(H,6,7)/t17-;/m1./s1. The van der Waals surface area contributed by atoms with Gasteiger partial charge in [0.1, 0.15) is 23.8 Å². The maximum absolute atomic E-state index is 13.6. The first-order valence-corrected chi connectivity index (χ1v) is 12.8. The minimum atomic E-state index is -5.08. The highest BCUT2D eigenvalue weighted by molar-refractivity contribution is 6.19. The normalized spacial score (nSPS) is 14.8. The first-order valence-electron chi connectivity index (χ1n) is 12.2. The molecular weight excluding hydrogens is 551 g/mol. The Bertz CT molecular complexity index is 1550. The van der Waals surface area contributed by atoms with Crippen LogP contribution in [0.3, 0.4) is 0 Å². The summed E-state index contributed by atoms with van der Waals surface area (Å²) in [7, 11) is 4.01. The maximum Gasteiger partial charge on any atom is 0.490 e. The van der Waals surface area contributed by atoms with Crippen LogP contribution in [0.1, 0.15) is 22.0 Å². The van der Waals surface area contributed by atoms with Crippen LogP contribution < -0.4 is 9.64 Å². The number of nitrogens with zero attached hydrogens (tertiary/aromatic N) is 2. The number of ether oxygens (including phenoxy) is 1. The number of aromatic nitrogens is 1. The number of anilines is 1. The van der Waals surface area contributed by atoms with Crippen molar-refractivity contribution in [1.29, 1.82) is 0 Å². The van der Waals surface area contributed by atoms with Crippen molar-refractivity contribution in [3.63, 3.8) is 0 Å². The van der Waals surface area contributed by atoms with E-state index in [1.807, 2.05) is 62.6 Å². The lowest BCUT2D eigenvalue weighted by Crippen LogP contribution is -2.30. The van der Waals surface area contributed by atoms with Crippen molar-refractivity contribution in [3.8, 4) is 11.5 Å². The summed E-state index contributed by atoms with van der Waals surface area (Å²) in [6.07, 6.45) is -5.08. The Hall–Kier alpha value is -3.96. The number of likely N-dealkylation sites (N-methyl/N-ethyl adjacent to an activating group) is 1. The Balaban J connectivity index is 0.000000470. The smallest absolute Gasteiger partial charge is 0.490 e. The van der Waals surface area contributed by atoms with Crippen LogP contribution in [0.15, 0.2) is 54.6 Å². The summed E-state index contributed by atoms with van der Waals surface area (Å²) >= 11 is 6.31. The summed E-state index contributed by atoms with van der Waals surface area (Å²) in [5, 5.41) is 20.4. The van der Waals surface area contributed by atoms with Crippen LogP contribution in [-0.4, -0.2) is 77.8 Å². The number of H-pyrrole nitrogens is 1. The molecule has 2 heterocycles. The Morgan fingerprint density at radius 3 is 2.42 bits per heavy atom. The number of benzene rings is 3. The van der Waals surface area contributed by atoms with Gasteiger partial charge >= 0.3 is 12.1 Å². The van der Waals surface area contributed by atoms with E-state index in [2.05, 4.69) is 9.88 Å². The number of aromatic hydroxyl groups is 1. The molecule has 0 bridgehead atoms. The second-order valence-corrected chi connectivity index (χ2v) is 9.84. The second kappa shape index (κ2) is 11.6. The number of carboxylic acid groups (broad SMARTS) is 1. The third-order valence-corrected chi connectivity index (χ3v) is 6.82. The molecule has 212 valence electrons. The fraction of sp³-hybridized carbons (Fsp3) is 0.286.